The molecule has 1 aromatic carbocycles. The number of benzene rings is 1. The second-order valence-corrected chi connectivity index (χ2v) is 6.00. The van der Waals surface area contributed by atoms with Crippen molar-refractivity contribution in [2.75, 3.05) is 6.61 Å². The molecule has 0 spiro atoms. The van der Waals surface area contributed by atoms with Crippen molar-refractivity contribution >= 4 is 51.2 Å². The fourth-order valence-electron chi connectivity index (χ4n) is 1.89. The standard InChI is InChI=1S/C14H13NO5S2/c1-2-20-14(19)7-3-4-10-9(5-7)15-12(22-10)8(13(17)18)6-11(16)21/h3-5,8H,2,6H2,1H3,(H,16,21)(H,17,18). The highest BCUT2D eigenvalue weighted by Gasteiger charge is 2.26. The zero-order valence-corrected chi connectivity index (χ0v) is 13.3. The number of hydrogen-bond acceptors (Lipinski definition) is 6. The first-order chi connectivity index (χ1) is 10.4. The van der Waals surface area contributed by atoms with E-state index in [4.69, 9.17) is 4.74 Å². The molecule has 2 aromatic rings. The fraction of sp³-hybridized carbons (Fsp3) is 0.286. The lowest BCUT2D eigenvalue weighted by molar-refractivity contribution is -0.139. The number of thiazole rings is 1. The lowest BCUT2D eigenvalue weighted by Crippen LogP contribution is -2.13. The summed E-state index contributed by atoms with van der Waals surface area (Å²) in [6.45, 7) is 1.98. The van der Waals surface area contributed by atoms with Crippen molar-refractivity contribution < 1.29 is 24.2 Å². The molecular weight excluding hydrogens is 326 g/mol. The Bertz CT molecular complexity index is 740. The van der Waals surface area contributed by atoms with Gasteiger partial charge in [0.1, 0.15) is 10.9 Å². The molecular formula is C14H13NO5S2. The molecule has 1 heterocycles. The van der Waals surface area contributed by atoms with Crippen LogP contribution in [0.4, 0.5) is 0 Å². The van der Waals surface area contributed by atoms with Gasteiger partial charge in [0, 0.05) is 6.42 Å². The molecule has 0 aliphatic carbocycles. The quantitative estimate of drug-likeness (QED) is 0.620. The van der Waals surface area contributed by atoms with E-state index < -0.39 is 23.0 Å². The molecule has 0 aliphatic heterocycles. The summed E-state index contributed by atoms with van der Waals surface area (Å²) >= 11 is 4.80. The van der Waals surface area contributed by atoms with Crippen molar-refractivity contribution in [1.82, 2.24) is 4.98 Å². The average Bonchev–Trinajstić information content (AvgIpc) is 2.86. The van der Waals surface area contributed by atoms with E-state index in [1.807, 2.05) is 0 Å². The van der Waals surface area contributed by atoms with E-state index in [0.717, 1.165) is 4.70 Å². The molecule has 0 saturated heterocycles. The maximum absolute atomic E-state index is 11.7. The third-order valence-corrected chi connectivity index (χ3v) is 4.22. The van der Waals surface area contributed by atoms with Gasteiger partial charge in [-0.25, -0.2) is 9.78 Å². The van der Waals surface area contributed by atoms with Crippen LogP contribution in [0.3, 0.4) is 0 Å². The van der Waals surface area contributed by atoms with Gasteiger partial charge >= 0.3 is 11.9 Å². The number of nitrogens with zero attached hydrogens (tertiary/aromatic N) is 1. The lowest BCUT2D eigenvalue weighted by atomic mass is 10.1. The summed E-state index contributed by atoms with van der Waals surface area (Å²) in [5.74, 6) is -2.63. The summed E-state index contributed by atoms with van der Waals surface area (Å²) in [5.41, 5.74) is 0.853. The first-order valence-electron chi connectivity index (χ1n) is 6.44. The van der Waals surface area contributed by atoms with Gasteiger partial charge in [-0.3, -0.25) is 9.59 Å². The number of thiol groups is 1. The molecule has 1 N–H and O–H groups in total. The molecule has 0 saturated carbocycles. The highest BCUT2D eigenvalue weighted by Crippen LogP contribution is 2.30. The maximum Gasteiger partial charge on any atom is 0.338 e. The monoisotopic (exact) mass is 339 g/mol. The largest absolute Gasteiger partial charge is 0.481 e. The third-order valence-electron chi connectivity index (χ3n) is 2.89. The molecule has 6 nitrogen and oxygen atoms in total. The summed E-state index contributed by atoms with van der Waals surface area (Å²) < 4.78 is 5.65. The predicted molar refractivity (Wildman–Crippen MR) is 84.6 cm³/mol. The number of carbonyl (C=O) groups excluding carboxylic acids is 2. The van der Waals surface area contributed by atoms with E-state index in [1.165, 1.54) is 11.3 Å². The second kappa shape index (κ2) is 6.89. The van der Waals surface area contributed by atoms with Gasteiger partial charge < -0.3 is 9.84 Å². The molecule has 0 aliphatic rings. The van der Waals surface area contributed by atoms with Crippen LogP contribution in [-0.4, -0.2) is 33.8 Å². The number of carboxylic acids is 1. The van der Waals surface area contributed by atoms with Crippen molar-refractivity contribution in [3.05, 3.63) is 28.8 Å². The molecule has 1 unspecified atom stereocenters. The molecule has 1 aromatic heterocycles. The summed E-state index contributed by atoms with van der Waals surface area (Å²) in [6.07, 6.45) is -0.233. The Kier molecular flexibility index (Phi) is 5.15. The van der Waals surface area contributed by atoms with Crippen molar-refractivity contribution in [2.24, 2.45) is 0 Å². The van der Waals surface area contributed by atoms with Crippen LogP contribution in [0.25, 0.3) is 10.2 Å². The molecule has 0 bridgehead atoms. The minimum absolute atomic E-state index is 0.233. The van der Waals surface area contributed by atoms with Crippen LogP contribution in [0.1, 0.15) is 34.6 Å². The van der Waals surface area contributed by atoms with E-state index in [2.05, 4.69) is 17.6 Å². The van der Waals surface area contributed by atoms with Gasteiger partial charge in [0.2, 0.25) is 0 Å². The van der Waals surface area contributed by atoms with E-state index >= 15 is 0 Å². The van der Waals surface area contributed by atoms with Gasteiger partial charge in [-0.2, -0.15) is 0 Å². The van der Waals surface area contributed by atoms with Crippen LogP contribution >= 0.6 is 24.0 Å². The van der Waals surface area contributed by atoms with E-state index in [0.29, 0.717) is 16.1 Å². The summed E-state index contributed by atoms with van der Waals surface area (Å²) in [5, 5.41) is 9.02. The van der Waals surface area contributed by atoms with Gasteiger partial charge in [-0.15, -0.1) is 24.0 Å². The Morgan fingerprint density at radius 3 is 2.73 bits per heavy atom. The number of carboxylic acid groups (broad SMARTS) is 1. The number of ether oxygens (including phenoxy) is 1. The summed E-state index contributed by atoms with van der Waals surface area (Å²) in [6, 6.07) is 4.83. The van der Waals surface area contributed by atoms with Crippen molar-refractivity contribution in [1.29, 1.82) is 0 Å². The molecule has 0 fully saturated rings. The third kappa shape index (κ3) is 3.63. The SMILES string of the molecule is CCOC(=O)c1ccc2sc(C(CC(=O)S)C(=O)O)nc2c1. The Labute approximate surface area is 135 Å². The molecule has 116 valence electrons. The molecule has 8 heteroatoms. The van der Waals surface area contributed by atoms with E-state index in [-0.39, 0.29) is 13.0 Å². The smallest absolute Gasteiger partial charge is 0.338 e. The Hall–Kier alpha value is -1.93. The fourth-order valence-corrected chi connectivity index (χ4v) is 3.11. The highest BCUT2D eigenvalue weighted by molar-refractivity contribution is 7.96. The van der Waals surface area contributed by atoms with Crippen LogP contribution in [-0.2, 0) is 14.3 Å². The minimum atomic E-state index is -1.13. The molecule has 1 atom stereocenters. The number of hydrogen-bond donors (Lipinski definition) is 2. The van der Waals surface area contributed by atoms with Crippen molar-refractivity contribution in [2.45, 2.75) is 19.3 Å². The zero-order chi connectivity index (χ0) is 16.3. The number of rotatable bonds is 6. The number of fused-ring (bicyclic) bond motifs is 1. The molecule has 0 radical (unpaired) electrons. The molecule has 2 rings (SSSR count). The van der Waals surface area contributed by atoms with Crippen molar-refractivity contribution in [3.8, 4) is 0 Å². The Morgan fingerprint density at radius 2 is 2.14 bits per heavy atom. The van der Waals surface area contributed by atoms with Gasteiger partial charge in [0.05, 0.1) is 22.4 Å². The Morgan fingerprint density at radius 1 is 1.41 bits per heavy atom. The van der Waals surface area contributed by atoms with Gasteiger partial charge in [-0.05, 0) is 25.1 Å². The maximum atomic E-state index is 11.7. The Balaban J connectivity index is 2.39. The first-order valence-corrected chi connectivity index (χ1v) is 7.71. The normalized spacial score (nSPS) is 12.1. The van der Waals surface area contributed by atoms with Crippen LogP contribution in [0.2, 0.25) is 0 Å². The number of esters is 1. The number of aliphatic carboxylic acids is 1. The number of aromatic nitrogens is 1. The predicted octanol–water partition coefficient (Wildman–Crippen LogP) is 2.49. The van der Waals surface area contributed by atoms with Gasteiger partial charge in [-0.1, -0.05) is 0 Å². The topological polar surface area (TPSA) is 93.6 Å². The first kappa shape index (κ1) is 16.4. The van der Waals surface area contributed by atoms with Crippen LogP contribution in [0.15, 0.2) is 18.2 Å². The van der Waals surface area contributed by atoms with Gasteiger partial charge in [0.25, 0.3) is 0 Å². The summed E-state index contributed by atoms with van der Waals surface area (Å²) in [4.78, 5) is 38.3. The van der Waals surface area contributed by atoms with Gasteiger partial charge in [0.15, 0.2) is 5.12 Å². The molecule has 0 amide bonds. The number of carbonyl (C=O) groups is 3. The minimum Gasteiger partial charge on any atom is -0.481 e. The highest BCUT2D eigenvalue weighted by atomic mass is 32.1. The van der Waals surface area contributed by atoms with Crippen molar-refractivity contribution in [3.63, 3.8) is 0 Å². The van der Waals surface area contributed by atoms with Crippen LogP contribution in [0.5, 0.6) is 0 Å². The van der Waals surface area contributed by atoms with E-state index in [1.54, 1.807) is 25.1 Å². The lowest BCUT2D eigenvalue weighted by Gasteiger charge is -2.05. The zero-order valence-electron chi connectivity index (χ0n) is 11.6. The van der Waals surface area contributed by atoms with Crippen LogP contribution in [0, 0.1) is 0 Å². The van der Waals surface area contributed by atoms with Crippen LogP contribution < -0.4 is 0 Å². The van der Waals surface area contributed by atoms with E-state index in [9.17, 15) is 19.5 Å². The molecule has 22 heavy (non-hydrogen) atoms. The average molecular weight is 339 g/mol. The second-order valence-electron chi connectivity index (χ2n) is 4.44. The summed E-state index contributed by atoms with van der Waals surface area (Å²) in [7, 11) is 0.